The molecule has 0 aliphatic carbocycles. The van der Waals surface area contributed by atoms with Crippen LogP contribution in [0.1, 0.15) is 24.4 Å². The summed E-state index contributed by atoms with van der Waals surface area (Å²) >= 11 is 0. The molecule has 1 heterocycles. The normalized spacial score (nSPS) is 16.3. The van der Waals surface area contributed by atoms with Crippen molar-refractivity contribution in [1.29, 1.82) is 0 Å². The number of nitrogens with two attached hydrogens (primary N) is 1. The molecule has 1 unspecified atom stereocenters. The van der Waals surface area contributed by atoms with E-state index in [9.17, 15) is 9.59 Å². The second-order valence-electron chi connectivity index (χ2n) is 4.42. The van der Waals surface area contributed by atoms with Gasteiger partial charge in [-0.05, 0) is 30.5 Å². The van der Waals surface area contributed by atoms with Crippen molar-refractivity contribution < 1.29 is 9.59 Å². The zero-order valence-corrected chi connectivity index (χ0v) is 10.1. The number of hydrogen-bond donors (Lipinski definition) is 2. The average Bonchev–Trinajstić information content (AvgIpc) is 2.89. The summed E-state index contributed by atoms with van der Waals surface area (Å²) in [4.78, 5) is 24.8. The summed E-state index contributed by atoms with van der Waals surface area (Å²) in [5.74, 6) is -0.0646. The van der Waals surface area contributed by atoms with Crippen molar-refractivity contribution in [3.05, 3.63) is 29.8 Å². The highest BCUT2D eigenvalue weighted by Gasteiger charge is 2.27. The highest BCUT2D eigenvalue weighted by molar-refractivity contribution is 5.85. The lowest BCUT2D eigenvalue weighted by Gasteiger charge is -2.23. The number of amides is 2. The van der Waals surface area contributed by atoms with E-state index in [0.717, 1.165) is 31.5 Å². The van der Waals surface area contributed by atoms with E-state index in [-0.39, 0.29) is 5.91 Å². The quantitative estimate of drug-likeness (QED) is 0.607. The molecule has 0 spiro atoms. The topological polar surface area (TPSA) is 75.4 Å². The number of carbonyl (C=O) groups is 2. The molecule has 1 atom stereocenters. The van der Waals surface area contributed by atoms with Crippen molar-refractivity contribution in [2.75, 3.05) is 18.8 Å². The Hall–Kier alpha value is -2.04. The lowest BCUT2D eigenvalue weighted by Crippen LogP contribution is -2.39. The Kier molecular flexibility index (Phi) is 3.82. The fourth-order valence-electron chi connectivity index (χ4n) is 2.24. The summed E-state index contributed by atoms with van der Waals surface area (Å²) in [5, 5.41) is 2.58. The Morgan fingerprint density at radius 1 is 1.39 bits per heavy atom. The third-order valence-corrected chi connectivity index (χ3v) is 3.14. The van der Waals surface area contributed by atoms with Gasteiger partial charge in [-0.25, -0.2) is 0 Å². The van der Waals surface area contributed by atoms with Gasteiger partial charge in [0.1, 0.15) is 6.04 Å². The Morgan fingerprint density at radius 3 is 2.72 bits per heavy atom. The van der Waals surface area contributed by atoms with Crippen LogP contribution in [-0.2, 0) is 9.59 Å². The Morgan fingerprint density at radius 2 is 2.11 bits per heavy atom. The molecule has 1 aromatic carbocycles. The largest absolute Gasteiger partial charge is 0.399 e. The molecule has 1 aromatic rings. The van der Waals surface area contributed by atoms with Crippen LogP contribution in [0.2, 0.25) is 0 Å². The molecule has 0 radical (unpaired) electrons. The molecule has 96 valence electrons. The number of anilines is 1. The monoisotopic (exact) mass is 247 g/mol. The number of nitrogen functional groups attached to an aromatic ring is 1. The van der Waals surface area contributed by atoms with Crippen molar-refractivity contribution in [2.24, 2.45) is 0 Å². The highest BCUT2D eigenvalue weighted by atomic mass is 16.2. The minimum Gasteiger partial charge on any atom is -0.399 e. The van der Waals surface area contributed by atoms with Gasteiger partial charge in [0, 0.05) is 18.8 Å². The standard InChI is InChI=1S/C13H17N3O2/c14-11-5-3-4-10(8-11)12(15-9-17)13(18)16-6-1-2-7-16/h3-5,8-9,12H,1-2,6-7,14H2,(H,15,17). The Bertz CT molecular complexity index is 442. The van der Waals surface area contributed by atoms with E-state index < -0.39 is 6.04 Å². The summed E-state index contributed by atoms with van der Waals surface area (Å²) in [7, 11) is 0. The van der Waals surface area contributed by atoms with E-state index in [4.69, 9.17) is 5.73 Å². The molecular formula is C13H17N3O2. The van der Waals surface area contributed by atoms with Crippen LogP contribution >= 0.6 is 0 Å². The molecule has 1 saturated heterocycles. The van der Waals surface area contributed by atoms with Crippen LogP contribution in [0.4, 0.5) is 5.69 Å². The molecule has 1 aliphatic heterocycles. The number of hydrogen-bond acceptors (Lipinski definition) is 3. The molecule has 1 fully saturated rings. The first-order chi connectivity index (χ1) is 8.72. The minimum atomic E-state index is -0.635. The number of likely N-dealkylation sites (tertiary alicyclic amines) is 1. The number of nitrogens with zero attached hydrogens (tertiary/aromatic N) is 1. The van der Waals surface area contributed by atoms with Crippen LogP contribution < -0.4 is 11.1 Å². The minimum absolute atomic E-state index is 0.0646. The highest BCUT2D eigenvalue weighted by Crippen LogP contribution is 2.20. The number of benzene rings is 1. The third kappa shape index (κ3) is 2.61. The maximum absolute atomic E-state index is 12.3. The fourth-order valence-corrected chi connectivity index (χ4v) is 2.24. The first-order valence-corrected chi connectivity index (χ1v) is 6.06. The summed E-state index contributed by atoms with van der Waals surface area (Å²) in [6, 6.07) is 6.41. The van der Waals surface area contributed by atoms with Crippen LogP contribution in [0.25, 0.3) is 0 Å². The maximum atomic E-state index is 12.3. The molecule has 18 heavy (non-hydrogen) atoms. The molecule has 0 aromatic heterocycles. The second kappa shape index (κ2) is 5.53. The van der Waals surface area contributed by atoms with E-state index in [1.165, 1.54) is 0 Å². The molecule has 2 amide bonds. The Labute approximate surface area is 106 Å². The molecular weight excluding hydrogens is 230 g/mol. The van der Waals surface area contributed by atoms with Crippen molar-refractivity contribution in [3.8, 4) is 0 Å². The maximum Gasteiger partial charge on any atom is 0.249 e. The molecule has 2 rings (SSSR count). The molecule has 0 saturated carbocycles. The van der Waals surface area contributed by atoms with Gasteiger partial charge < -0.3 is 16.0 Å². The summed E-state index contributed by atoms with van der Waals surface area (Å²) in [5.41, 5.74) is 7.01. The predicted octanol–water partition coefficient (Wildman–Crippen LogP) is 0.678. The van der Waals surface area contributed by atoms with Crippen molar-refractivity contribution in [2.45, 2.75) is 18.9 Å². The van der Waals surface area contributed by atoms with Gasteiger partial charge in [-0.2, -0.15) is 0 Å². The van der Waals surface area contributed by atoms with Crippen molar-refractivity contribution in [3.63, 3.8) is 0 Å². The number of nitrogens with one attached hydrogen (secondary N) is 1. The van der Waals surface area contributed by atoms with Gasteiger partial charge in [0.2, 0.25) is 12.3 Å². The van der Waals surface area contributed by atoms with Gasteiger partial charge in [-0.1, -0.05) is 12.1 Å². The van der Waals surface area contributed by atoms with E-state index >= 15 is 0 Å². The Balaban J connectivity index is 2.21. The SMILES string of the molecule is Nc1cccc(C(NC=O)C(=O)N2CCCC2)c1. The van der Waals surface area contributed by atoms with E-state index in [1.54, 1.807) is 29.2 Å². The van der Waals surface area contributed by atoms with Crippen LogP contribution in [0.15, 0.2) is 24.3 Å². The lowest BCUT2D eigenvalue weighted by molar-refractivity contribution is -0.133. The summed E-state index contributed by atoms with van der Waals surface area (Å²) in [6.07, 6.45) is 2.61. The van der Waals surface area contributed by atoms with E-state index in [1.807, 2.05) is 0 Å². The summed E-state index contributed by atoms with van der Waals surface area (Å²) in [6.45, 7) is 1.52. The smallest absolute Gasteiger partial charge is 0.249 e. The molecule has 3 N–H and O–H groups in total. The molecule has 0 bridgehead atoms. The first kappa shape index (κ1) is 12.4. The van der Waals surface area contributed by atoms with Gasteiger partial charge in [0.05, 0.1) is 0 Å². The average molecular weight is 247 g/mol. The molecule has 5 heteroatoms. The fraction of sp³-hybridized carbons (Fsp3) is 0.385. The number of carbonyl (C=O) groups excluding carboxylic acids is 2. The van der Waals surface area contributed by atoms with Crippen LogP contribution in [0.5, 0.6) is 0 Å². The van der Waals surface area contributed by atoms with Crippen LogP contribution in [-0.4, -0.2) is 30.3 Å². The summed E-state index contributed by atoms with van der Waals surface area (Å²) < 4.78 is 0. The van der Waals surface area contributed by atoms with Gasteiger partial charge in [-0.15, -0.1) is 0 Å². The van der Waals surface area contributed by atoms with Crippen LogP contribution in [0.3, 0.4) is 0 Å². The third-order valence-electron chi connectivity index (χ3n) is 3.14. The van der Waals surface area contributed by atoms with E-state index in [2.05, 4.69) is 5.32 Å². The first-order valence-electron chi connectivity index (χ1n) is 6.06. The van der Waals surface area contributed by atoms with Gasteiger partial charge in [0.15, 0.2) is 0 Å². The molecule has 5 nitrogen and oxygen atoms in total. The number of rotatable bonds is 4. The van der Waals surface area contributed by atoms with E-state index in [0.29, 0.717) is 12.1 Å². The second-order valence-corrected chi connectivity index (χ2v) is 4.42. The van der Waals surface area contributed by atoms with Crippen LogP contribution in [0, 0.1) is 0 Å². The van der Waals surface area contributed by atoms with Gasteiger partial charge in [0.25, 0.3) is 0 Å². The molecule has 1 aliphatic rings. The van der Waals surface area contributed by atoms with Crippen molar-refractivity contribution in [1.82, 2.24) is 10.2 Å². The zero-order valence-electron chi connectivity index (χ0n) is 10.1. The zero-order chi connectivity index (χ0) is 13.0. The van der Waals surface area contributed by atoms with Crippen molar-refractivity contribution >= 4 is 18.0 Å². The van der Waals surface area contributed by atoms with Gasteiger partial charge in [-0.3, -0.25) is 9.59 Å². The predicted molar refractivity (Wildman–Crippen MR) is 68.6 cm³/mol. The lowest BCUT2D eigenvalue weighted by atomic mass is 10.1. The van der Waals surface area contributed by atoms with Gasteiger partial charge >= 0.3 is 0 Å².